The van der Waals surface area contributed by atoms with Crippen LogP contribution in [-0.4, -0.2) is 17.3 Å². The molecule has 1 heterocycles. The molecule has 0 atom stereocenters. The second-order valence-corrected chi connectivity index (χ2v) is 3.20. The van der Waals surface area contributed by atoms with Crippen molar-refractivity contribution in [1.82, 2.24) is 4.98 Å². The monoisotopic (exact) mass is 255 g/mol. The third-order valence-corrected chi connectivity index (χ3v) is 2.09. The van der Waals surface area contributed by atoms with Crippen LogP contribution < -0.4 is 4.74 Å². The topological polar surface area (TPSA) is 39.2 Å². The van der Waals surface area contributed by atoms with Crippen molar-refractivity contribution in [1.29, 1.82) is 0 Å². The lowest BCUT2D eigenvalue weighted by atomic mass is 10.1. The van der Waals surface area contributed by atoms with Gasteiger partial charge in [-0.05, 0) is 11.6 Å². The number of halogens is 4. The number of hydrogen-bond donors (Lipinski definition) is 0. The fraction of sp³-hybridized carbons (Fsp3) is 0.250. The summed E-state index contributed by atoms with van der Waals surface area (Å²) in [4.78, 5) is 14.4. The van der Waals surface area contributed by atoms with Gasteiger partial charge >= 0.3 is 0 Å². The summed E-state index contributed by atoms with van der Waals surface area (Å²) < 4.78 is 29.7. The van der Waals surface area contributed by atoms with Gasteiger partial charge in [-0.2, -0.15) is 0 Å². The van der Waals surface area contributed by atoms with E-state index in [1.807, 2.05) is 0 Å². The first-order chi connectivity index (χ1) is 6.97. The van der Waals surface area contributed by atoms with Gasteiger partial charge in [-0.25, -0.2) is 13.8 Å². The SMILES string of the molecule is COc1cc(C(F)F)c(C(=O)Cl)c(Cl)n1. The van der Waals surface area contributed by atoms with Crippen molar-refractivity contribution in [3.05, 3.63) is 22.3 Å². The highest BCUT2D eigenvalue weighted by Crippen LogP contribution is 2.31. The molecule has 0 aliphatic heterocycles. The highest BCUT2D eigenvalue weighted by Gasteiger charge is 2.22. The number of ether oxygens (including phenoxy) is 1. The Balaban J connectivity index is 3.42. The zero-order valence-corrected chi connectivity index (χ0v) is 8.94. The molecule has 0 bridgehead atoms. The summed E-state index contributed by atoms with van der Waals surface area (Å²) >= 11 is 10.6. The van der Waals surface area contributed by atoms with Crippen LogP contribution in [0.2, 0.25) is 5.15 Å². The van der Waals surface area contributed by atoms with Crippen molar-refractivity contribution in [3.8, 4) is 5.88 Å². The molecular weight excluding hydrogens is 251 g/mol. The fourth-order valence-corrected chi connectivity index (χ4v) is 1.51. The molecular formula is C8H5Cl2F2NO2. The first-order valence-corrected chi connectivity index (χ1v) is 4.45. The number of aromatic nitrogens is 1. The van der Waals surface area contributed by atoms with Crippen LogP contribution in [-0.2, 0) is 0 Å². The van der Waals surface area contributed by atoms with E-state index in [0.717, 1.165) is 6.07 Å². The molecule has 0 fully saturated rings. The average molecular weight is 256 g/mol. The summed E-state index contributed by atoms with van der Waals surface area (Å²) in [7, 11) is 1.25. The maximum Gasteiger partial charge on any atom is 0.264 e. The molecule has 1 aromatic heterocycles. The normalized spacial score (nSPS) is 10.5. The minimum Gasteiger partial charge on any atom is -0.481 e. The van der Waals surface area contributed by atoms with E-state index in [4.69, 9.17) is 23.2 Å². The molecule has 0 aliphatic carbocycles. The lowest BCUT2D eigenvalue weighted by Crippen LogP contribution is -2.03. The predicted octanol–water partition coefficient (Wildman–Crippen LogP) is 3.06. The van der Waals surface area contributed by atoms with Crippen LogP contribution in [0.25, 0.3) is 0 Å². The van der Waals surface area contributed by atoms with Crippen molar-refractivity contribution < 1.29 is 18.3 Å². The van der Waals surface area contributed by atoms with Crippen LogP contribution in [0, 0.1) is 0 Å². The predicted molar refractivity (Wildman–Crippen MR) is 50.9 cm³/mol. The molecule has 0 saturated heterocycles. The van der Waals surface area contributed by atoms with E-state index < -0.39 is 27.9 Å². The first kappa shape index (κ1) is 12.1. The quantitative estimate of drug-likeness (QED) is 0.616. The summed E-state index contributed by atoms with van der Waals surface area (Å²) in [5, 5.41) is -1.48. The molecule has 0 N–H and O–H groups in total. The van der Waals surface area contributed by atoms with Crippen molar-refractivity contribution in [2.75, 3.05) is 7.11 Å². The third kappa shape index (κ3) is 2.54. The minimum atomic E-state index is -2.88. The first-order valence-electron chi connectivity index (χ1n) is 3.69. The number of carbonyl (C=O) groups excluding carboxylic acids is 1. The van der Waals surface area contributed by atoms with Crippen LogP contribution in [0.1, 0.15) is 22.3 Å². The number of methoxy groups -OCH3 is 1. The van der Waals surface area contributed by atoms with Crippen molar-refractivity contribution >= 4 is 28.4 Å². The van der Waals surface area contributed by atoms with Gasteiger partial charge in [0.15, 0.2) is 0 Å². The maximum atomic E-state index is 12.5. The second kappa shape index (κ2) is 4.72. The van der Waals surface area contributed by atoms with Crippen molar-refractivity contribution in [2.45, 2.75) is 6.43 Å². The lowest BCUT2D eigenvalue weighted by Gasteiger charge is -2.08. The van der Waals surface area contributed by atoms with E-state index in [1.165, 1.54) is 7.11 Å². The molecule has 1 rings (SSSR count). The Hall–Kier alpha value is -0.940. The van der Waals surface area contributed by atoms with E-state index in [9.17, 15) is 13.6 Å². The highest BCUT2D eigenvalue weighted by molar-refractivity contribution is 6.68. The van der Waals surface area contributed by atoms with Gasteiger partial charge in [0.05, 0.1) is 12.7 Å². The summed E-state index contributed by atoms with van der Waals surface area (Å²) in [6.45, 7) is 0. The molecule has 7 heteroatoms. The Labute approximate surface area is 94.0 Å². The molecule has 0 aliphatic rings. The van der Waals surface area contributed by atoms with E-state index in [1.54, 1.807) is 0 Å². The van der Waals surface area contributed by atoms with Gasteiger partial charge in [0.2, 0.25) is 5.88 Å². The van der Waals surface area contributed by atoms with Gasteiger partial charge in [-0.15, -0.1) is 0 Å². The van der Waals surface area contributed by atoms with Gasteiger partial charge in [-0.1, -0.05) is 11.6 Å². The molecule has 0 radical (unpaired) electrons. The Bertz CT molecular complexity index is 398. The Kier molecular flexibility index (Phi) is 3.82. The molecule has 1 aromatic rings. The summed E-state index contributed by atoms with van der Waals surface area (Å²) in [6.07, 6.45) is -2.88. The second-order valence-electron chi connectivity index (χ2n) is 2.49. The van der Waals surface area contributed by atoms with Crippen LogP contribution in [0.5, 0.6) is 5.88 Å². The van der Waals surface area contributed by atoms with E-state index in [2.05, 4.69) is 9.72 Å². The Morgan fingerprint density at radius 2 is 2.20 bits per heavy atom. The van der Waals surface area contributed by atoms with Gasteiger partial charge in [0.1, 0.15) is 5.15 Å². The largest absolute Gasteiger partial charge is 0.481 e. The maximum absolute atomic E-state index is 12.5. The molecule has 0 aromatic carbocycles. The Morgan fingerprint density at radius 3 is 2.60 bits per heavy atom. The number of alkyl halides is 2. The van der Waals surface area contributed by atoms with Crippen molar-refractivity contribution in [2.24, 2.45) is 0 Å². The fourth-order valence-electron chi connectivity index (χ4n) is 0.980. The molecule has 15 heavy (non-hydrogen) atoms. The van der Waals surface area contributed by atoms with Gasteiger partial charge in [0, 0.05) is 11.6 Å². The van der Waals surface area contributed by atoms with Gasteiger partial charge in [0.25, 0.3) is 11.7 Å². The molecule has 0 spiro atoms. The van der Waals surface area contributed by atoms with Crippen LogP contribution in [0.4, 0.5) is 8.78 Å². The highest BCUT2D eigenvalue weighted by atomic mass is 35.5. The van der Waals surface area contributed by atoms with Gasteiger partial charge in [-0.3, -0.25) is 4.79 Å². The zero-order chi connectivity index (χ0) is 11.6. The Morgan fingerprint density at radius 1 is 1.60 bits per heavy atom. The van der Waals surface area contributed by atoms with Crippen molar-refractivity contribution in [3.63, 3.8) is 0 Å². The van der Waals surface area contributed by atoms with E-state index >= 15 is 0 Å². The molecule has 82 valence electrons. The smallest absolute Gasteiger partial charge is 0.264 e. The van der Waals surface area contributed by atoms with E-state index in [0.29, 0.717) is 0 Å². The van der Waals surface area contributed by atoms with Gasteiger partial charge < -0.3 is 4.74 Å². The lowest BCUT2D eigenvalue weighted by molar-refractivity contribution is 0.106. The van der Waals surface area contributed by atoms with Crippen LogP contribution >= 0.6 is 23.2 Å². The third-order valence-electron chi connectivity index (χ3n) is 1.62. The summed E-state index contributed by atoms with van der Waals surface area (Å²) in [5.41, 5.74) is -1.08. The van der Waals surface area contributed by atoms with Crippen LogP contribution in [0.15, 0.2) is 6.07 Å². The number of carbonyl (C=O) groups is 1. The zero-order valence-electron chi connectivity index (χ0n) is 7.43. The van der Waals surface area contributed by atoms with E-state index in [-0.39, 0.29) is 5.88 Å². The summed E-state index contributed by atoms with van der Waals surface area (Å²) in [5.74, 6) is -0.100. The number of nitrogens with zero attached hydrogens (tertiary/aromatic N) is 1. The molecule has 3 nitrogen and oxygen atoms in total. The van der Waals surface area contributed by atoms with Crippen LogP contribution in [0.3, 0.4) is 0 Å². The molecule has 0 unspecified atom stereocenters. The number of hydrogen-bond acceptors (Lipinski definition) is 3. The number of pyridine rings is 1. The number of rotatable bonds is 3. The minimum absolute atomic E-state index is 0.100. The average Bonchev–Trinajstić information content (AvgIpc) is 2.15. The molecule has 0 amide bonds. The molecule has 0 saturated carbocycles. The summed E-state index contributed by atoms with van der Waals surface area (Å²) in [6, 6.07) is 0.923. The standard InChI is InChI=1S/C8H5Cl2F2NO2/c1-15-4-2-3(8(11)12)5(7(10)14)6(9)13-4/h2,8H,1H3.